The number of anilines is 1. The van der Waals surface area contributed by atoms with Gasteiger partial charge >= 0.3 is 0 Å². The average molecular weight is 257 g/mol. The topological polar surface area (TPSA) is 16.1 Å². The predicted molar refractivity (Wildman–Crippen MR) is 64.7 cm³/mol. The molecule has 14 heavy (non-hydrogen) atoms. The van der Waals surface area contributed by atoms with Gasteiger partial charge in [0.05, 0.1) is 0 Å². The molecular weight excluding hydrogens is 240 g/mol. The third kappa shape index (κ3) is 2.98. The first-order valence-electron chi connectivity index (χ1n) is 5.04. The molecule has 0 aliphatic heterocycles. The third-order valence-electron chi connectivity index (χ3n) is 2.08. The zero-order valence-corrected chi connectivity index (χ0v) is 10.6. The van der Waals surface area contributed by atoms with Crippen LogP contribution < -0.4 is 4.90 Å². The van der Waals surface area contributed by atoms with Crippen molar-refractivity contribution in [2.75, 3.05) is 11.4 Å². The molecule has 0 spiro atoms. The molecule has 0 aliphatic rings. The van der Waals surface area contributed by atoms with E-state index in [9.17, 15) is 0 Å². The molecule has 1 aromatic rings. The maximum absolute atomic E-state index is 4.46. The maximum atomic E-state index is 4.46. The Labute approximate surface area is 94.5 Å². The van der Waals surface area contributed by atoms with E-state index < -0.39 is 0 Å². The van der Waals surface area contributed by atoms with Crippen LogP contribution in [0.1, 0.15) is 27.2 Å². The highest BCUT2D eigenvalue weighted by Gasteiger charge is 2.10. The standard InChI is InChI=1S/C11H17BrN2/c1-4-8-14(9(2)3)11-7-5-6-10(12)13-11/h5-7,9H,4,8H2,1-3H3. The van der Waals surface area contributed by atoms with Crippen molar-refractivity contribution in [1.29, 1.82) is 0 Å². The SMILES string of the molecule is CCCN(c1cccc(Br)n1)C(C)C. The summed E-state index contributed by atoms with van der Waals surface area (Å²) >= 11 is 3.39. The molecule has 0 N–H and O–H groups in total. The fourth-order valence-electron chi connectivity index (χ4n) is 1.44. The fourth-order valence-corrected chi connectivity index (χ4v) is 1.77. The van der Waals surface area contributed by atoms with Crippen molar-refractivity contribution in [1.82, 2.24) is 4.98 Å². The third-order valence-corrected chi connectivity index (χ3v) is 2.52. The minimum atomic E-state index is 0.497. The molecule has 1 aromatic heterocycles. The van der Waals surface area contributed by atoms with Crippen molar-refractivity contribution >= 4 is 21.7 Å². The Morgan fingerprint density at radius 1 is 1.43 bits per heavy atom. The summed E-state index contributed by atoms with van der Waals surface area (Å²) in [5, 5.41) is 0. The minimum absolute atomic E-state index is 0.497. The lowest BCUT2D eigenvalue weighted by Gasteiger charge is -2.27. The van der Waals surface area contributed by atoms with Gasteiger partial charge in [-0.3, -0.25) is 0 Å². The van der Waals surface area contributed by atoms with E-state index in [2.05, 4.69) is 52.7 Å². The van der Waals surface area contributed by atoms with E-state index in [-0.39, 0.29) is 0 Å². The molecule has 0 amide bonds. The Morgan fingerprint density at radius 2 is 2.14 bits per heavy atom. The van der Waals surface area contributed by atoms with E-state index in [1.165, 1.54) is 0 Å². The van der Waals surface area contributed by atoms with Gasteiger partial charge in [-0.2, -0.15) is 0 Å². The van der Waals surface area contributed by atoms with Crippen LogP contribution in [0.5, 0.6) is 0 Å². The van der Waals surface area contributed by atoms with Gasteiger partial charge < -0.3 is 4.90 Å². The molecule has 1 heterocycles. The number of hydrogen-bond donors (Lipinski definition) is 0. The molecule has 0 unspecified atom stereocenters. The second kappa shape index (κ2) is 5.35. The fraction of sp³-hybridized carbons (Fsp3) is 0.545. The summed E-state index contributed by atoms with van der Waals surface area (Å²) in [6.07, 6.45) is 1.15. The Morgan fingerprint density at radius 3 is 2.64 bits per heavy atom. The first kappa shape index (κ1) is 11.5. The Hall–Kier alpha value is -0.570. The van der Waals surface area contributed by atoms with Crippen LogP contribution in [-0.2, 0) is 0 Å². The molecule has 0 radical (unpaired) electrons. The van der Waals surface area contributed by atoms with E-state index in [4.69, 9.17) is 0 Å². The highest BCUT2D eigenvalue weighted by molar-refractivity contribution is 9.10. The first-order chi connectivity index (χ1) is 6.65. The van der Waals surface area contributed by atoms with Crippen LogP contribution in [0.2, 0.25) is 0 Å². The van der Waals surface area contributed by atoms with E-state index in [1.54, 1.807) is 0 Å². The lowest BCUT2D eigenvalue weighted by Crippen LogP contribution is -2.32. The largest absolute Gasteiger partial charge is 0.354 e. The monoisotopic (exact) mass is 256 g/mol. The van der Waals surface area contributed by atoms with Crippen molar-refractivity contribution in [3.8, 4) is 0 Å². The second-order valence-electron chi connectivity index (χ2n) is 3.61. The molecule has 0 fully saturated rings. The molecule has 3 heteroatoms. The summed E-state index contributed by atoms with van der Waals surface area (Å²) in [5.74, 6) is 1.05. The van der Waals surface area contributed by atoms with Crippen LogP contribution >= 0.6 is 15.9 Å². The molecule has 0 saturated carbocycles. The van der Waals surface area contributed by atoms with E-state index in [1.807, 2.05) is 12.1 Å². The van der Waals surface area contributed by atoms with Crippen molar-refractivity contribution in [2.24, 2.45) is 0 Å². The Balaban J connectivity index is 2.87. The van der Waals surface area contributed by atoms with Gasteiger partial charge in [-0.1, -0.05) is 13.0 Å². The van der Waals surface area contributed by atoms with Crippen LogP contribution in [0.25, 0.3) is 0 Å². The summed E-state index contributed by atoms with van der Waals surface area (Å²) in [4.78, 5) is 6.77. The molecule has 78 valence electrons. The normalized spacial score (nSPS) is 10.6. The maximum Gasteiger partial charge on any atom is 0.130 e. The van der Waals surface area contributed by atoms with Crippen LogP contribution in [0.3, 0.4) is 0 Å². The van der Waals surface area contributed by atoms with Gasteiger partial charge in [0.2, 0.25) is 0 Å². The Kier molecular flexibility index (Phi) is 4.39. The van der Waals surface area contributed by atoms with Gasteiger partial charge in [0.15, 0.2) is 0 Å². The molecule has 0 atom stereocenters. The van der Waals surface area contributed by atoms with Crippen LogP contribution in [0, 0.1) is 0 Å². The zero-order chi connectivity index (χ0) is 10.6. The molecule has 0 saturated heterocycles. The number of aromatic nitrogens is 1. The van der Waals surface area contributed by atoms with Gasteiger partial charge in [0, 0.05) is 12.6 Å². The molecule has 2 nitrogen and oxygen atoms in total. The van der Waals surface area contributed by atoms with Crippen LogP contribution in [0.4, 0.5) is 5.82 Å². The molecule has 0 aliphatic carbocycles. The van der Waals surface area contributed by atoms with Crippen molar-refractivity contribution < 1.29 is 0 Å². The van der Waals surface area contributed by atoms with E-state index >= 15 is 0 Å². The van der Waals surface area contributed by atoms with E-state index in [0.29, 0.717) is 6.04 Å². The average Bonchev–Trinajstić information content (AvgIpc) is 2.13. The summed E-state index contributed by atoms with van der Waals surface area (Å²) in [6.45, 7) is 7.63. The van der Waals surface area contributed by atoms with Crippen LogP contribution in [0.15, 0.2) is 22.8 Å². The van der Waals surface area contributed by atoms with Gasteiger partial charge in [-0.25, -0.2) is 4.98 Å². The van der Waals surface area contributed by atoms with Gasteiger partial charge in [-0.15, -0.1) is 0 Å². The second-order valence-corrected chi connectivity index (χ2v) is 4.42. The smallest absolute Gasteiger partial charge is 0.130 e. The molecule has 0 bridgehead atoms. The lowest BCUT2D eigenvalue weighted by molar-refractivity contribution is 0.661. The Bertz CT molecular complexity index is 286. The number of pyridine rings is 1. The summed E-state index contributed by atoms with van der Waals surface area (Å²) < 4.78 is 0.900. The zero-order valence-electron chi connectivity index (χ0n) is 9.00. The molecule has 1 rings (SSSR count). The summed E-state index contributed by atoms with van der Waals surface area (Å²) in [5.41, 5.74) is 0. The first-order valence-corrected chi connectivity index (χ1v) is 5.83. The van der Waals surface area contributed by atoms with Gasteiger partial charge in [0.1, 0.15) is 10.4 Å². The number of halogens is 1. The lowest BCUT2D eigenvalue weighted by atomic mass is 10.3. The molecular formula is C11H17BrN2. The number of hydrogen-bond acceptors (Lipinski definition) is 2. The van der Waals surface area contributed by atoms with Crippen molar-refractivity contribution in [3.63, 3.8) is 0 Å². The van der Waals surface area contributed by atoms with Crippen molar-refractivity contribution in [2.45, 2.75) is 33.2 Å². The van der Waals surface area contributed by atoms with Crippen molar-refractivity contribution in [3.05, 3.63) is 22.8 Å². The van der Waals surface area contributed by atoms with Gasteiger partial charge in [0.25, 0.3) is 0 Å². The van der Waals surface area contributed by atoms with Crippen LogP contribution in [-0.4, -0.2) is 17.6 Å². The van der Waals surface area contributed by atoms with Gasteiger partial charge in [-0.05, 0) is 48.3 Å². The highest BCUT2D eigenvalue weighted by Crippen LogP contribution is 2.17. The number of rotatable bonds is 4. The highest BCUT2D eigenvalue weighted by atomic mass is 79.9. The predicted octanol–water partition coefficient (Wildman–Crippen LogP) is 3.47. The summed E-state index contributed by atoms with van der Waals surface area (Å²) in [6, 6.07) is 6.53. The molecule has 0 aromatic carbocycles. The summed E-state index contributed by atoms with van der Waals surface area (Å²) in [7, 11) is 0. The number of nitrogens with zero attached hydrogens (tertiary/aromatic N) is 2. The quantitative estimate of drug-likeness (QED) is 0.768. The van der Waals surface area contributed by atoms with E-state index in [0.717, 1.165) is 23.4 Å². The minimum Gasteiger partial charge on any atom is -0.354 e.